The summed E-state index contributed by atoms with van der Waals surface area (Å²) in [6.45, 7) is 3.96. The molecule has 0 saturated carbocycles. The Morgan fingerprint density at radius 2 is 2.12 bits per heavy atom. The van der Waals surface area contributed by atoms with E-state index in [2.05, 4.69) is 5.32 Å². The normalized spacial score (nSPS) is 13.2. The highest BCUT2D eigenvalue weighted by Gasteiger charge is 2.34. The fourth-order valence-corrected chi connectivity index (χ4v) is 2.05. The smallest absolute Gasteiger partial charge is 0.235 e. The maximum Gasteiger partial charge on any atom is 0.235 e. The highest BCUT2D eigenvalue weighted by atomic mass is 16.5. The molecule has 0 aliphatic rings. The van der Waals surface area contributed by atoms with E-state index in [0.29, 0.717) is 0 Å². The zero-order valence-corrected chi connectivity index (χ0v) is 10.8. The lowest BCUT2D eigenvalue weighted by molar-refractivity contribution is -0.121. The van der Waals surface area contributed by atoms with Crippen LogP contribution >= 0.6 is 0 Å². The van der Waals surface area contributed by atoms with Crippen molar-refractivity contribution < 1.29 is 9.53 Å². The van der Waals surface area contributed by atoms with Crippen LogP contribution in [-0.4, -0.2) is 26.1 Å². The molecule has 0 heterocycles. The predicted molar refractivity (Wildman–Crippen MR) is 68.1 cm³/mol. The lowest BCUT2D eigenvalue weighted by Crippen LogP contribution is -2.51. The lowest BCUT2D eigenvalue weighted by atomic mass is 9.77. The summed E-state index contributed by atoms with van der Waals surface area (Å²) in [4.78, 5) is 11.4. The Bertz CT molecular complexity index is 402. The molecule has 1 aromatic rings. The third kappa shape index (κ3) is 2.77. The number of rotatable bonds is 5. The zero-order chi connectivity index (χ0) is 13.1. The highest BCUT2D eigenvalue weighted by Crippen LogP contribution is 2.29. The van der Waals surface area contributed by atoms with Gasteiger partial charge in [-0.05, 0) is 24.7 Å². The molecule has 0 fully saturated rings. The predicted octanol–water partition coefficient (Wildman–Crippen LogP) is 1.05. The molecule has 0 bridgehead atoms. The van der Waals surface area contributed by atoms with Crippen LogP contribution in [0.5, 0.6) is 5.75 Å². The van der Waals surface area contributed by atoms with Gasteiger partial charge < -0.3 is 15.8 Å². The average Bonchev–Trinajstić information content (AvgIpc) is 2.29. The molecule has 0 aliphatic heterocycles. The first-order chi connectivity index (χ1) is 7.93. The number of likely N-dealkylation sites (N-methyl/N-ethyl adjacent to an activating group) is 1. The van der Waals surface area contributed by atoms with Crippen molar-refractivity contribution in [1.82, 2.24) is 5.32 Å². The summed E-state index contributed by atoms with van der Waals surface area (Å²) in [6.07, 6.45) is 0. The van der Waals surface area contributed by atoms with Gasteiger partial charge in [0.2, 0.25) is 5.91 Å². The van der Waals surface area contributed by atoms with Crippen molar-refractivity contribution in [3.05, 3.63) is 29.8 Å². The first-order valence-electron chi connectivity index (χ1n) is 5.54. The van der Waals surface area contributed by atoms with E-state index in [1.807, 2.05) is 38.1 Å². The molecular formula is C13H20N2O2. The number of nitrogens with two attached hydrogens (primary N) is 1. The molecule has 4 nitrogen and oxygen atoms in total. The van der Waals surface area contributed by atoms with E-state index >= 15 is 0 Å². The number of hydrogen-bond donors (Lipinski definition) is 2. The minimum Gasteiger partial charge on any atom is -0.497 e. The van der Waals surface area contributed by atoms with Gasteiger partial charge in [0.1, 0.15) is 5.75 Å². The molecule has 94 valence electrons. The average molecular weight is 236 g/mol. The van der Waals surface area contributed by atoms with Gasteiger partial charge in [0.15, 0.2) is 0 Å². The molecule has 1 rings (SSSR count). The summed E-state index contributed by atoms with van der Waals surface area (Å²) in [7, 11) is 3.35. The first-order valence-corrected chi connectivity index (χ1v) is 5.54. The number of carbonyl (C=O) groups is 1. The second-order valence-electron chi connectivity index (χ2n) is 4.58. The SMILES string of the molecule is CN[C@@H](C(N)=O)C(C)(C)c1cccc(OC)c1. The van der Waals surface area contributed by atoms with Crippen LogP contribution in [0.2, 0.25) is 0 Å². The quantitative estimate of drug-likeness (QED) is 0.803. The summed E-state index contributed by atoms with van der Waals surface area (Å²) >= 11 is 0. The molecule has 0 radical (unpaired) electrons. The van der Waals surface area contributed by atoms with Crippen LogP contribution in [0.4, 0.5) is 0 Å². The lowest BCUT2D eigenvalue weighted by Gasteiger charge is -2.32. The molecule has 0 unspecified atom stereocenters. The topological polar surface area (TPSA) is 64.3 Å². The number of methoxy groups -OCH3 is 1. The molecule has 1 aromatic carbocycles. The third-order valence-corrected chi connectivity index (χ3v) is 3.11. The number of amides is 1. The van der Waals surface area contributed by atoms with E-state index in [-0.39, 0.29) is 5.91 Å². The molecule has 3 N–H and O–H groups in total. The van der Waals surface area contributed by atoms with Crippen LogP contribution in [0.3, 0.4) is 0 Å². The minimum atomic E-state index is -0.422. The molecule has 1 amide bonds. The van der Waals surface area contributed by atoms with Gasteiger partial charge in [0, 0.05) is 5.41 Å². The van der Waals surface area contributed by atoms with Gasteiger partial charge in [-0.15, -0.1) is 0 Å². The van der Waals surface area contributed by atoms with Crippen molar-refractivity contribution in [2.45, 2.75) is 25.3 Å². The van der Waals surface area contributed by atoms with E-state index in [1.165, 1.54) is 0 Å². The van der Waals surface area contributed by atoms with Crippen molar-refractivity contribution in [2.24, 2.45) is 5.73 Å². The van der Waals surface area contributed by atoms with Gasteiger partial charge in [-0.2, -0.15) is 0 Å². The van der Waals surface area contributed by atoms with Gasteiger partial charge in [0.05, 0.1) is 13.2 Å². The van der Waals surface area contributed by atoms with E-state index in [0.717, 1.165) is 11.3 Å². The maximum absolute atomic E-state index is 11.4. The van der Waals surface area contributed by atoms with Crippen LogP contribution in [0.1, 0.15) is 19.4 Å². The second kappa shape index (κ2) is 5.19. The fraction of sp³-hybridized carbons (Fsp3) is 0.462. The zero-order valence-electron chi connectivity index (χ0n) is 10.8. The van der Waals surface area contributed by atoms with Gasteiger partial charge in [0.25, 0.3) is 0 Å². The van der Waals surface area contributed by atoms with Gasteiger partial charge in [-0.25, -0.2) is 0 Å². The molecule has 0 aromatic heterocycles. The molecular weight excluding hydrogens is 216 g/mol. The van der Waals surface area contributed by atoms with E-state index in [9.17, 15) is 4.79 Å². The first kappa shape index (κ1) is 13.5. The van der Waals surface area contributed by atoms with Crippen molar-refractivity contribution in [3.8, 4) is 5.75 Å². The number of primary amides is 1. The maximum atomic E-state index is 11.4. The molecule has 0 saturated heterocycles. The second-order valence-corrected chi connectivity index (χ2v) is 4.58. The summed E-state index contributed by atoms with van der Waals surface area (Å²) in [6, 6.07) is 7.25. The summed E-state index contributed by atoms with van der Waals surface area (Å²) in [5, 5.41) is 2.96. The number of ether oxygens (including phenoxy) is 1. The summed E-state index contributed by atoms with van der Waals surface area (Å²) < 4.78 is 5.19. The summed E-state index contributed by atoms with van der Waals surface area (Å²) in [5.74, 6) is 0.412. The molecule has 1 atom stereocenters. The van der Waals surface area contributed by atoms with Gasteiger partial charge in [-0.1, -0.05) is 26.0 Å². The molecule has 0 aliphatic carbocycles. The third-order valence-electron chi connectivity index (χ3n) is 3.11. The minimum absolute atomic E-state index is 0.361. The monoisotopic (exact) mass is 236 g/mol. The standard InChI is InChI=1S/C13H20N2O2/c1-13(2,11(15-3)12(14)16)9-6-5-7-10(8-9)17-4/h5-8,11,15H,1-4H3,(H2,14,16)/t11-/m0/s1. The van der Waals surface area contributed by atoms with E-state index in [4.69, 9.17) is 10.5 Å². The Morgan fingerprint density at radius 3 is 2.59 bits per heavy atom. The molecule has 0 spiro atoms. The van der Waals surface area contributed by atoms with Crippen molar-refractivity contribution >= 4 is 5.91 Å². The van der Waals surface area contributed by atoms with E-state index in [1.54, 1.807) is 14.2 Å². The number of hydrogen-bond acceptors (Lipinski definition) is 3. The highest BCUT2D eigenvalue weighted by molar-refractivity contribution is 5.82. The van der Waals surface area contributed by atoms with Crippen LogP contribution in [0.25, 0.3) is 0 Å². The Hall–Kier alpha value is -1.55. The van der Waals surface area contributed by atoms with Gasteiger partial charge in [-0.3, -0.25) is 4.79 Å². The Balaban J connectivity index is 3.14. The Labute approximate surface area is 102 Å². The van der Waals surface area contributed by atoms with Crippen LogP contribution in [0.15, 0.2) is 24.3 Å². The fourth-order valence-electron chi connectivity index (χ4n) is 2.05. The Kier molecular flexibility index (Phi) is 4.12. The van der Waals surface area contributed by atoms with Crippen LogP contribution in [0, 0.1) is 0 Å². The van der Waals surface area contributed by atoms with Crippen LogP contribution < -0.4 is 15.8 Å². The Morgan fingerprint density at radius 1 is 1.47 bits per heavy atom. The van der Waals surface area contributed by atoms with Crippen molar-refractivity contribution in [2.75, 3.05) is 14.2 Å². The van der Waals surface area contributed by atoms with Crippen molar-refractivity contribution in [3.63, 3.8) is 0 Å². The molecule has 4 heteroatoms. The largest absolute Gasteiger partial charge is 0.497 e. The van der Waals surface area contributed by atoms with Crippen molar-refractivity contribution in [1.29, 1.82) is 0 Å². The van der Waals surface area contributed by atoms with Gasteiger partial charge >= 0.3 is 0 Å². The summed E-state index contributed by atoms with van der Waals surface area (Å²) in [5.41, 5.74) is 6.02. The number of benzene rings is 1. The molecule has 17 heavy (non-hydrogen) atoms. The van der Waals surface area contributed by atoms with E-state index < -0.39 is 11.5 Å². The van der Waals surface area contributed by atoms with Crippen LogP contribution in [-0.2, 0) is 10.2 Å². The number of carbonyl (C=O) groups excluding carboxylic acids is 1. The number of nitrogens with one attached hydrogen (secondary N) is 1.